The molecule has 2 aliphatic rings. The van der Waals surface area contributed by atoms with Crippen LogP contribution in [-0.4, -0.2) is 33.4 Å². The van der Waals surface area contributed by atoms with E-state index in [1.54, 1.807) is 6.33 Å². The van der Waals surface area contributed by atoms with E-state index in [1.165, 1.54) is 11.1 Å². The molecule has 2 heterocycles. The Bertz CT molecular complexity index is 1050. The fraction of sp³-hybridized carbons (Fsp3) is 0.391. The summed E-state index contributed by atoms with van der Waals surface area (Å²) in [5.74, 6) is 0.131. The zero-order valence-electron chi connectivity index (χ0n) is 16.1. The average Bonchev–Trinajstić information content (AvgIpc) is 3.12. The fourth-order valence-electron chi connectivity index (χ4n) is 5.35. The number of hydrogen-bond donors (Lipinski definition) is 1. The number of aromatic amines is 1. The van der Waals surface area contributed by atoms with Crippen molar-refractivity contribution in [3.63, 3.8) is 0 Å². The predicted octanol–water partition coefficient (Wildman–Crippen LogP) is 4.32. The van der Waals surface area contributed by atoms with Crippen LogP contribution in [0.4, 0.5) is 0 Å². The summed E-state index contributed by atoms with van der Waals surface area (Å²) in [6.45, 7) is 7.87. The van der Waals surface area contributed by atoms with Crippen LogP contribution in [0.15, 0.2) is 48.8 Å². The number of amides is 1. The molecule has 1 amide bonds. The van der Waals surface area contributed by atoms with Gasteiger partial charge in [0, 0.05) is 23.6 Å². The first-order valence-electron chi connectivity index (χ1n) is 9.74. The fourth-order valence-corrected chi connectivity index (χ4v) is 5.35. The number of aromatic nitrogens is 2. The van der Waals surface area contributed by atoms with Gasteiger partial charge in [-0.15, -0.1) is 0 Å². The van der Waals surface area contributed by atoms with Crippen LogP contribution in [-0.2, 0) is 11.8 Å². The molecular weight excluding hydrogens is 334 g/mol. The van der Waals surface area contributed by atoms with Gasteiger partial charge in [-0.05, 0) is 47.6 Å². The van der Waals surface area contributed by atoms with Gasteiger partial charge < -0.3 is 9.88 Å². The van der Waals surface area contributed by atoms with Gasteiger partial charge in [0.05, 0.1) is 17.4 Å². The number of rotatable bonds is 1. The average molecular weight is 359 g/mol. The van der Waals surface area contributed by atoms with E-state index < -0.39 is 0 Å². The molecule has 1 aromatic heterocycles. The molecule has 1 aliphatic carbocycles. The minimum atomic E-state index is 0.0212. The highest BCUT2D eigenvalue weighted by molar-refractivity contribution is 5.97. The molecule has 2 aromatic carbocycles. The highest BCUT2D eigenvalue weighted by Gasteiger charge is 2.56. The maximum Gasteiger partial charge on any atom is 0.254 e. The van der Waals surface area contributed by atoms with Gasteiger partial charge in [0.25, 0.3) is 5.91 Å². The van der Waals surface area contributed by atoms with Gasteiger partial charge >= 0.3 is 0 Å². The molecule has 4 nitrogen and oxygen atoms in total. The summed E-state index contributed by atoms with van der Waals surface area (Å²) >= 11 is 0. The van der Waals surface area contributed by atoms with Crippen LogP contribution in [0, 0.1) is 5.41 Å². The first-order chi connectivity index (χ1) is 12.9. The minimum absolute atomic E-state index is 0.0212. The summed E-state index contributed by atoms with van der Waals surface area (Å²) in [5.41, 5.74) is 5.53. The van der Waals surface area contributed by atoms with E-state index in [1.807, 2.05) is 18.2 Å². The maximum absolute atomic E-state index is 13.5. The number of nitrogens with zero attached hydrogens (tertiary/aromatic N) is 2. The normalized spacial score (nSPS) is 26.0. The molecule has 1 N–H and O–H groups in total. The molecule has 27 heavy (non-hydrogen) atoms. The minimum Gasteiger partial charge on any atom is -0.345 e. The number of nitrogens with one attached hydrogen (secondary N) is 1. The number of imidazole rings is 1. The van der Waals surface area contributed by atoms with Crippen LogP contribution in [0.3, 0.4) is 0 Å². The number of likely N-dealkylation sites (tertiary alicyclic amines) is 1. The Balaban J connectivity index is 1.56. The SMILES string of the molecule is CC12CCN(C(=O)c3ccc4nc[nH]c4c3)C(Cc3ccccc31)C2(C)C. The number of fused-ring (bicyclic) bond motifs is 5. The van der Waals surface area contributed by atoms with Crippen molar-refractivity contribution in [2.75, 3.05) is 6.54 Å². The van der Waals surface area contributed by atoms with Crippen LogP contribution < -0.4 is 0 Å². The Morgan fingerprint density at radius 2 is 2.00 bits per heavy atom. The van der Waals surface area contributed by atoms with E-state index in [-0.39, 0.29) is 22.8 Å². The van der Waals surface area contributed by atoms with Crippen LogP contribution in [0.1, 0.15) is 48.7 Å². The molecule has 1 aliphatic heterocycles. The standard InChI is InChI=1S/C23H25N3O/c1-22(2)20-13-15-6-4-5-7-17(15)23(22,3)10-11-26(20)21(27)16-8-9-18-19(12-16)25-14-24-18/h4-9,12,14,20H,10-11,13H2,1-3H3,(H,24,25). The van der Waals surface area contributed by atoms with Gasteiger partial charge in [-0.2, -0.15) is 0 Å². The van der Waals surface area contributed by atoms with Crippen molar-refractivity contribution >= 4 is 16.9 Å². The molecule has 4 heteroatoms. The third-order valence-corrected chi connectivity index (χ3v) is 7.44. The van der Waals surface area contributed by atoms with E-state index in [0.717, 1.165) is 36.0 Å². The van der Waals surface area contributed by atoms with Crippen molar-refractivity contribution in [3.8, 4) is 0 Å². The highest BCUT2D eigenvalue weighted by atomic mass is 16.2. The van der Waals surface area contributed by atoms with Crippen molar-refractivity contribution in [3.05, 3.63) is 65.5 Å². The van der Waals surface area contributed by atoms with Gasteiger partial charge in [0.1, 0.15) is 0 Å². The zero-order chi connectivity index (χ0) is 18.8. The largest absolute Gasteiger partial charge is 0.345 e. The van der Waals surface area contributed by atoms with Crippen LogP contribution in [0.25, 0.3) is 11.0 Å². The van der Waals surface area contributed by atoms with E-state index in [2.05, 4.69) is 59.9 Å². The summed E-state index contributed by atoms with van der Waals surface area (Å²) in [5, 5.41) is 0. The lowest BCUT2D eigenvalue weighted by Gasteiger charge is -2.60. The molecule has 2 unspecified atom stereocenters. The summed E-state index contributed by atoms with van der Waals surface area (Å²) < 4.78 is 0. The lowest BCUT2D eigenvalue weighted by atomic mass is 9.51. The highest BCUT2D eigenvalue weighted by Crippen LogP contribution is 2.56. The molecule has 138 valence electrons. The second-order valence-electron chi connectivity index (χ2n) is 8.81. The lowest BCUT2D eigenvalue weighted by molar-refractivity contribution is -0.0261. The number of benzene rings is 2. The maximum atomic E-state index is 13.5. The Labute approximate surface area is 159 Å². The summed E-state index contributed by atoms with van der Waals surface area (Å²) in [6, 6.07) is 14.8. The van der Waals surface area contributed by atoms with Gasteiger partial charge in [-0.25, -0.2) is 4.98 Å². The molecule has 0 spiro atoms. The third kappa shape index (κ3) is 2.16. The number of hydrogen-bond acceptors (Lipinski definition) is 2. The second kappa shape index (κ2) is 5.44. The van der Waals surface area contributed by atoms with E-state index in [4.69, 9.17) is 0 Å². The Morgan fingerprint density at radius 3 is 2.85 bits per heavy atom. The molecule has 1 saturated heterocycles. The predicted molar refractivity (Wildman–Crippen MR) is 107 cm³/mol. The first-order valence-corrected chi connectivity index (χ1v) is 9.74. The quantitative estimate of drug-likeness (QED) is 0.703. The zero-order valence-corrected chi connectivity index (χ0v) is 16.1. The molecule has 2 bridgehead atoms. The van der Waals surface area contributed by atoms with Crippen molar-refractivity contribution in [2.45, 2.75) is 45.1 Å². The number of H-pyrrole nitrogens is 1. The number of carbonyl (C=O) groups is 1. The Hall–Kier alpha value is -2.62. The summed E-state index contributed by atoms with van der Waals surface area (Å²) in [6.07, 6.45) is 3.59. The molecule has 3 aromatic rings. The Kier molecular flexibility index (Phi) is 3.34. The number of piperidine rings is 1. The molecular formula is C23H25N3O. The van der Waals surface area contributed by atoms with E-state index >= 15 is 0 Å². The van der Waals surface area contributed by atoms with Crippen LogP contribution >= 0.6 is 0 Å². The molecule has 0 radical (unpaired) electrons. The Morgan fingerprint density at radius 1 is 1.19 bits per heavy atom. The number of carbonyl (C=O) groups excluding carboxylic acids is 1. The first kappa shape index (κ1) is 16.5. The van der Waals surface area contributed by atoms with Crippen LogP contribution in [0.5, 0.6) is 0 Å². The third-order valence-electron chi connectivity index (χ3n) is 7.44. The summed E-state index contributed by atoms with van der Waals surface area (Å²) in [7, 11) is 0. The van der Waals surface area contributed by atoms with Gasteiger partial charge in [-0.1, -0.05) is 45.0 Å². The summed E-state index contributed by atoms with van der Waals surface area (Å²) in [4.78, 5) is 23.0. The molecule has 2 atom stereocenters. The van der Waals surface area contributed by atoms with Crippen molar-refractivity contribution in [1.29, 1.82) is 0 Å². The molecule has 0 saturated carbocycles. The molecule has 5 rings (SSSR count). The van der Waals surface area contributed by atoms with E-state index in [9.17, 15) is 4.79 Å². The molecule has 1 fully saturated rings. The van der Waals surface area contributed by atoms with Gasteiger partial charge in [-0.3, -0.25) is 4.79 Å². The van der Waals surface area contributed by atoms with Crippen molar-refractivity contribution in [2.24, 2.45) is 5.41 Å². The second-order valence-corrected chi connectivity index (χ2v) is 8.81. The topological polar surface area (TPSA) is 49.0 Å². The van der Waals surface area contributed by atoms with Gasteiger partial charge in [0.2, 0.25) is 0 Å². The monoisotopic (exact) mass is 359 g/mol. The van der Waals surface area contributed by atoms with Crippen LogP contribution in [0.2, 0.25) is 0 Å². The lowest BCUT2D eigenvalue weighted by Crippen LogP contribution is -2.64. The van der Waals surface area contributed by atoms with Crippen molar-refractivity contribution < 1.29 is 4.79 Å². The van der Waals surface area contributed by atoms with Gasteiger partial charge in [0.15, 0.2) is 0 Å². The van der Waals surface area contributed by atoms with E-state index in [0.29, 0.717) is 0 Å². The van der Waals surface area contributed by atoms with Crippen molar-refractivity contribution in [1.82, 2.24) is 14.9 Å². The smallest absolute Gasteiger partial charge is 0.254 e.